The van der Waals surface area contributed by atoms with Crippen LogP contribution in [0.25, 0.3) is 0 Å². The molecule has 16 heavy (non-hydrogen) atoms. The highest BCUT2D eigenvalue weighted by Crippen LogP contribution is 2.07. The molecule has 0 aliphatic carbocycles. The molecule has 0 unspecified atom stereocenters. The smallest absolute Gasteiger partial charge is 0.119 e. The van der Waals surface area contributed by atoms with Gasteiger partial charge in [0, 0.05) is 20.3 Å². The molecule has 1 rings (SSSR count). The summed E-state index contributed by atoms with van der Waals surface area (Å²) in [5.74, 6) is 0.894. The Morgan fingerprint density at radius 2 is 1.62 bits per heavy atom. The van der Waals surface area contributed by atoms with E-state index in [2.05, 4.69) is 0 Å². The molecule has 3 nitrogen and oxygen atoms in total. The van der Waals surface area contributed by atoms with E-state index in [0.717, 1.165) is 31.8 Å². The molecule has 0 bridgehead atoms. The first-order valence-electron chi connectivity index (χ1n) is 5.68. The Morgan fingerprint density at radius 3 is 2.38 bits per heavy atom. The summed E-state index contributed by atoms with van der Waals surface area (Å²) in [5, 5.41) is 0. The minimum absolute atomic E-state index is 0.605. The number of ether oxygens (including phenoxy) is 3. The Kier molecular flexibility index (Phi) is 7.47. The standard InChI is InChI=1S/C13H20O3/c1-14-9-5-6-10-15-11-12-16-13-7-3-2-4-8-13/h2-4,7-8H,5-6,9-12H2,1H3. The Bertz CT molecular complexity index is 249. The molecule has 0 amide bonds. The first-order valence-corrected chi connectivity index (χ1v) is 5.68. The zero-order valence-electron chi connectivity index (χ0n) is 9.85. The predicted octanol–water partition coefficient (Wildman–Crippen LogP) is 2.51. The van der Waals surface area contributed by atoms with Crippen LogP contribution in [0.5, 0.6) is 5.75 Å². The first kappa shape index (κ1) is 13.0. The van der Waals surface area contributed by atoms with E-state index in [4.69, 9.17) is 14.2 Å². The van der Waals surface area contributed by atoms with E-state index in [1.54, 1.807) is 7.11 Å². The second kappa shape index (κ2) is 9.19. The van der Waals surface area contributed by atoms with Gasteiger partial charge in [-0.1, -0.05) is 18.2 Å². The highest BCUT2D eigenvalue weighted by Gasteiger charge is 1.92. The molecule has 0 saturated carbocycles. The SMILES string of the molecule is COCCCCOCCOc1ccccc1. The van der Waals surface area contributed by atoms with Crippen molar-refractivity contribution >= 4 is 0 Å². The van der Waals surface area contributed by atoms with Crippen molar-refractivity contribution in [3.05, 3.63) is 30.3 Å². The number of hydrogen-bond acceptors (Lipinski definition) is 3. The van der Waals surface area contributed by atoms with Crippen LogP contribution in [0, 0.1) is 0 Å². The fraction of sp³-hybridized carbons (Fsp3) is 0.538. The van der Waals surface area contributed by atoms with Gasteiger partial charge in [-0.25, -0.2) is 0 Å². The van der Waals surface area contributed by atoms with Crippen LogP contribution in [0.1, 0.15) is 12.8 Å². The van der Waals surface area contributed by atoms with Crippen molar-refractivity contribution in [2.75, 3.05) is 33.5 Å². The molecule has 0 saturated heterocycles. The van der Waals surface area contributed by atoms with Crippen molar-refractivity contribution in [3.63, 3.8) is 0 Å². The van der Waals surface area contributed by atoms with Crippen LogP contribution in [-0.2, 0) is 9.47 Å². The van der Waals surface area contributed by atoms with Gasteiger partial charge in [0.05, 0.1) is 6.61 Å². The molecule has 0 heterocycles. The van der Waals surface area contributed by atoms with Gasteiger partial charge in [0.1, 0.15) is 12.4 Å². The van der Waals surface area contributed by atoms with Crippen LogP contribution in [0.15, 0.2) is 30.3 Å². The van der Waals surface area contributed by atoms with Gasteiger partial charge in [0.25, 0.3) is 0 Å². The van der Waals surface area contributed by atoms with E-state index < -0.39 is 0 Å². The summed E-state index contributed by atoms with van der Waals surface area (Å²) in [7, 11) is 1.72. The maximum atomic E-state index is 5.48. The van der Waals surface area contributed by atoms with E-state index in [1.807, 2.05) is 30.3 Å². The molecule has 0 aromatic heterocycles. The number of rotatable bonds is 9. The molecule has 0 N–H and O–H groups in total. The first-order chi connectivity index (χ1) is 7.93. The largest absolute Gasteiger partial charge is 0.491 e. The lowest BCUT2D eigenvalue weighted by molar-refractivity contribution is 0.0915. The Hall–Kier alpha value is -1.06. The Labute approximate surface area is 97.3 Å². The number of hydrogen-bond donors (Lipinski definition) is 0. The summed E-state index contributed by atoms with van der Waals surface area (Å²) < 4.78 is 15.9. The fourth-order valence-corrected chi connectivity index (χ4v) is 1.29. The monoisotopic (exact) mass is 224 g/mol. The highest BCUT2D eigenvalue weighted by atomic mass is 16.5. The van der Waals surface area contributed by atoms with Crippen molar-refractivity contribution in [2.24, 2.45) is 0 Å². The molecule has 0 fully saturated rings. The van der Waals surface area contributed by atoms with Gasteiger partial charge in [-0.15, -0.1) is 0 Å². The fourth-order valence-electron chi connectivity index (χ4n) is 1.29. The van der Waals surface area contributed by atoms with Gasteiger partial charge in [0.15, 0.2) is 0 Å². The van der Waals surface area contributed by atoms with Crippen LogP contribution in [0.3, 0.4) is 0 Å². The second-order valence-electron chi connectivity index (χ2n) is 3.47. The molecule has 0 aliphatic heterocycles. The third kappa shape index (κ3) is 6.43. The van der Waals surface area contributed by atoms with Gasteiger partial charge in [-0.3, -0.25) is 0 Å². The zero-order chi connectivity index (χ0) is 11.5. The van der Waals surface area contributed by atoms with E-state index in [0.29, 0.717) is 13.2 Å². The van der Waals surface area contributed by atoms with Crippen LogP contribution >= 0.6 is 0 Å². The summed E-state index contributed by atoms with van der Waals surface area (Å²) >= 11 is 0. The van der Waals surface area contributed by atoms with E-state index in [-0.39, 0.29) is 0 Å². The quantitative estimate of drug-likeness (QED) is 0.603. The van der Waals surface area contributed by atoms with Gasteiger partial charge in [-0.2, -0.15) is 0 Å². The molecule has 90 valence electrons. The molecule has 3 heteroatoms. The van der Waals surface area contributed by atoms with Gasteiger partial charge in [-0.05, 0) is 25.0 Å². The lowest BCUT2D eigenvalue weighted by atomic mass is 10.3. The number of para-hydroxylation sites is 1. The van der Waals surface area contributed by atoms with Crippen LogP contribution in [0.2, 0.25) is 0 Å². The van der Waals surface area contributed by atoms with Gasteiger partial charge >= 0.3 is 0 Å². The maximum Gasteiger partial charge on any atom is 0.119 e. The van der Waals surface area contributed by atoms with Gasteiger partial charge in [0.2, 0.25) is 0 Å². The minimum atomic E-state index is 0.605. The summed E-state index contributed by atoms with van der Waals surface area (Å²) in [5.41, 5.74) is 0. The van der Waals surface area contributed by atoms with Crippen LogP contribution < -0.4 is 4.74 Å². The highest BCUT2D eigenvalue weighted by molar-refractivity contribution is 5.20. The normalized spacial score (nSPS) is 10.3. The van der Waals surface area contributed by atoms with Crippen LogP contribution in [0.4, 0.5) is 0 Å². The molecule has 0 spiro atoms. The molecule has 1 aromatic rings. The van der Waals surface area contributed by atoms with Crippen molar-refractivity contribution in [1.29, 1.82) is 0 Å². The lowest BCUT2D eigenvalue weighted by Crippen LogP contribution is -2.07. The third-order valence-corrected chi connectivity index (χ3v) is 2.13. The topological polar surface area (TPSA) is 27.7 Å². The van der Waals surface area contributed by atoms with Crippen molar-refractivity contribution in [2.45, 2.75) is 12.8 Å². The van der Waals surface area contributed by atoms with E-state index in [1.165, 1.54) is 0 Å². The van der Waals surface area contributed by atoms with E-state index >= 15 is 0 Å². The molecular weight excluding hydrogens is 204 g/mol. The molecule has 0 atom stereocenters. The van der Waals surface area contributed by atoms with Gasteiger partial charge < -0.3 is 14.2 Å². The summed E-state index contributed by atoms with van der Waals surface area (Å²) in [6, 6.07) is 9.78. The minimum Gasteiger partial charge on any atom is -0.491 e. The maximum absolute atomic E-state index is 5.48. The number of benzene rings is 1. The molecular formula is C13H20O3. The van der Waals surface area contributed by atoms with Crippen molar-refractivity contribution < 1.29 is 14.2 Å². The number of methoxy groups -OCH3 is 1. The molecule has 0 radical (unpaired) electrons. The second-order valence-corrected chi connectivity index (χ2v) is 3.47. The summed E-state index contributed by atoms with van der Waals surface area (Å²) in [6.07, 6.45) is 2.09. The molecule has 0 aliphatic rings. The lowest BCUT2D eigenvalue weighted by Gasteiger charge is -2.06. The van der Waals surface area contributed by atoms with Crippen molar-refractivity contribution in [1.82, 2.24) is 0 Å². The Balaban J connectivity index is 1.89. The van der Waals surface area contributed by atoms with Crippen molar-refractivity contribution in [3.8, 4) is 5.75 Å². The summed E-state index contributed by atoms with van der Waals surface area (Å²) in [4.78, 5) is 0. The number of unbranched alkanes of at least 4 members (excludes halogenated alkanes) is 1. The predicted molar refractivity (Wildman–Crippen MR) is 63.9 cm³/mol. The summed E-state index contributed by atoms with van der Waals surface area (Å²) in [6.45, 7) is 2.83. The molecule has 1 aromatic carbocycles. The third-order valence-electron chi connectivity index (χ3n) is 2.13. The zero-order valence-corrected chi connectivity index (χ0v) is 9.85. The Morgan fingerprint density at radius 1 is 0.875 bits per heavy atom. The van der Waals surface area contributed by atoms with Crippen LogP contribution in [-0.4, -0.2) is 33.5 Å². The average Bonchev–Trinajstić information content (AvgIpc) is 2.34. The average molecular weight is 224 g/mol. The van der Waals surface area contributed by atoms with E-state index in [9.17, 15) is 0 Å².